The minimum Gasteiger partial charge on any atom is -0.348 e. The number of anilines is 1. The molecule has 2 rings (SSSR count). The Morgan fingerprint density at radius 3 is 2.17 bits per heavy atom. The van der Waals surface area contributed by atoms with Crippen molar-refractivity contribution in [2.24, 2.45) is 5.92 Å². The highest BCUT2D eigenvalue weighted by molar-refractivity contribution is 14.1. The van der Waals surface area contributed by atoms with Crippen LogP contribution in [0.25, 0.3) is 0 Å². The van der Waals surface area contributed by atoms with Crippen molar-refractivity contribution in [3.63, 3.8) is 0 Å². The van der Waals surface area contributed by atoms with Gasteiger partial charge in [-0.3, -0.25) is 9.59 Å². The molecule has 23 heavy (non-hydrogen) atoms. The Balaban J connectivity index is 1.90. The van der Waals surface area contributed by atoms with Gasteiger partial charge < -0.3 is 10.6 Å². The number of carbonyl (C=O) groups excluding carboxylic acids is 2. The maximum absolute atomic E-state index is 12.0. The van der Waals surface area contributed by atoms with Gasteiger partial charge in [-0.2, -0.15) is 0 Å². The van der Waals surface area contributed by atoms with E-state index >= 15 is 0 Å². The van der Waals surface area contributed by atoms with E-state index in [2.05, 4.69) is 33.2 Å². The van der Waals surface area contributed by atoms with Gasteiger partial charge >= 0.3 is 0 Å². The minimum atomic E-state index is -0.0985. The number of hydrogen-bond donors (Lipinski definition) is 2. The SMILES string of the molecule is CC(C)C(=O)Nc1ccc(CNC(=O)c2ccc(I)cc2)cc1. The highest BCUT2D eigenvalue weighted by Crippen LogP contribution is 2.11. The topological polar surface area (TPSA) is 58.2 Å². The fourth-order valence-electron chi connectivity index (χ4n) is 1.88. The quantitative estimate of drug-likeness (QED) is 0.720. The van der Waals surface area contributed by atoms with Crippen molar-refractivity contribution in [2.45, 2.75) is 20.4 Å². The van der Waals surface area contributed by atoms with E-state index in [0.717, 1.165) is 14.8 Å². The van der Waals surface area contributed by atoms with E-state index in [1.165, 1.54) is 0 Å². The molecule has 0 aliphatic heterocycles. The second kappa shape index (κ2) is 8.10. The monoisotopic (exact) mass is 422 g/mol. The van der Waals surface area contributed by atoms with E-state index in [1.807, 2.05) is 62.4 Å². The van der Waals surface area contributed by atoms with Crippen LogP contribution in [0.2, 0.25) is 0 Å². The lowest BCUT2D eigenvalue weighted by molar-refractivity contribution is -0.118. The second-order valence-electron chi connectivity index (χ2n) is 5.53. The summed E-state index contributed by atoms with van der Waals surface area (Å²) in [5, 5.41) is 5.72. The van der Waals surface area contributed by atoms with Crippen LogP contribution in [0.5, 0.6) is 0 Å². The number of rotatable bonds is 5. The van der Waals surface area contributed by atoms with Gasteiger partial charge in [0.05, 0.1) is 0 Å². The third-order valence-electron chi connectivity index (χ3n) is 3.31. The van der Waals surface area contributed by atoms with Crippen LogP contribution in [0.1, 0.15) is 29.8 Å². The minimum absolute atomic E-state index is 0.00948. The van der Waals surface area contributed by atoms with Crippen molar-refractivity contribution in [3.8, 4) is 0 Å². The van der Waals surface area contributed by atoms with Crippen LogP contribution < -0.4 is 10.6 Å². The summed E-state index contributed by atoms with van der Waals surface area (Å²) in [5.41, 5.74) is 2.38. The Morgan fingerprint density at radius 2 is 1.61 bits per heavy atom. The van der Waals surface area contributed by atoms with E-state index < -0.39 is 0 Å². The zero-order valence-electron chi connectivity index (χ0n) is 13.1. The molecule has 0 radical (unpaired) electrons. The van der Waals surface area contributed by atoms with Gasteiger partial charge in [-0.05, 0) is 64.6 Å². The number of benzene rings is 2. The largest absolute Gasteiger partial charge is 0.348 e. The van der Waals surface area contributed by atoms with Gasteiger partial charge in [0.15, 0.2) is 0 Å². The van der Waals surface area contributed by atoms with Crippen LogP contribution >= 0.6 is 22.6 Å². The Morgan fingerprint density at radius 1 is 1.00 bits per heavy atom. The van der Waals surface area contributed by atoms with E-state index in [9.17, 15) is 9.59 Å². The lowest BCUT2D eigenvalue weighted by Gasteiger charge is -2.09. The van der Waals surface area contributed by atoms with E-state index in [-0.39, 0.29) is 17.7 Å². The molecular weight excluding hydrogens is 403 g/mol. The van der Waals surface area contributed by atoms with Crippen LogP contribution in [-0.4, -0.2) is 11.8 Å². The molecule has 0 saturated carbocycles. The van der Waals surface area contributed by atoms with Crippen molar-refractivity contribution in [2.75, 3.05) is 5.32 Å². The first kappa shape index (κ1) is 17.5. The summed E-state index contributed by atoms with van der Waals surface area (Å²) in [6.45, 7) is 4.15. The number of halogens is 1. The molecule has 2 amide bonds. The Bertz CT molecular complexity index is 679. The summed E-state index contributed by atoms with van der Waals surface area (Å²) in [5.74, 6) is -0.161. The van der Waals surface area contributed by atoms with Crippen molar-refractivity contribution in [1.29, 1.82) is 0 Å². The molecule has 0 bridgehead atoms. The lowest BCUT2D eigenvalue weighted by Crippen LogP contribution is -2.22. The summed E-state index contributed by atoms with van der Waals surface area (Å²) >= 11 is 2.20. The average molecular weight is 422 g/mol. The third kappa shape index (κ3) is 5.35. The molecule has 5 heteroatoms. The second-order valence-corrected chi connectivity index (χ2v) is 6.78. The number of amides is 2. The summed E-state index contributed by atoms with van der Waals surface area (Å²) in [4.78, 5) is 23.7. The molecule has 0 atom stereocenters. The molecule has 0 aliphatic carbocycles. The molecule has 0 unspecified atom stereocenters. The normalized spacial score (nSPS) is 10.4. The predicted octanol–water partition coefficient (Wildman–Crippen LogP) is 3.82. The maximum Gasteiger partial charge on any atom is 0.251 e. The summed E-state index contributed by atoms with van der Waals surface area (Å²) in [6.07, 6.45) is 0. The van der Waals surface area contributed by atoms with Crippen LogP contribution in [0.4, 0.5) is 5.69 Å². The molecule has 2 aromatic carbocycles. The zero-order chi connectivity index (χ0) is 16.8. The molecule has 2 N–H and O–H groups in total. The molecule has 0 aromatic heterocycles. The van der Waals surface area contributed by atoms with Crippen LogP contribution in [-0.2, 0) is 11.3 Å². The highest BCUT2D eigenvalue weighted by atomic mass is 127. The van der Waals surface area contributed by atoms with Gasteiger partial charge in [0.2, 0.25) is 5.91 Å². The Kier molecular flexibility index (Phi) is 6.15. The van der Waals surface area contributed by atoms with Crippen molar-refractivity contribution < 1.29 is 9.59 Å². The fraction of sp³-hybridized carbons (Fsp3) is 0.222. The number of carbonyl (C=O) groups is 2. The molecular formula is C18H19IN2O2. The Labute approximate surface area is 149 Å². The standard InChI is InChI=1S/C18H19IN2O2/c1-12(2)17(22)21-16-9-3-13(4-10-16)11-20-18(23)14-5-7-15(19)8-6-14/h3-10,12H,11H2,1-2H3,(H,20,23)(H,21,22). The van der Waals surface area contributed by atoms with Gasteiger partial charge in [0.25, 0.3) is 5.91 Å². The third-order valence-corrected chi connectivity index (χ3v) is 4.02. The van der Waals surface area contributed by atoms with Crippen molar-refractivity contribution in [3.05, 3.63) is 63.2 Å². The number of nitrogens with one attached hydrogen (secondary N) is 2. The first-order chi connectivity index (χ1) is 11.0. The first-order valence-corrected chi connectivity index (χ1v) is 8.47. The first-order valence-electron chi connectivity index (χ1n) is 7.39. The smallest absolute Gasteiger partial charge is 0.251 e. The highest BCUT2D eigenvalue weighted by Gasteiger charge is 2.07. The molecule has 0 saturated heterocycles. The molecule has 4 nitrogen and oxygen atoms in total. The fourth-order valence-corrected chi connectivity index (χ4v) is 2.24. The van der Waals surface area contributed by atoms with E-state index in [1.54, 1.807) is 0 Å². The van der Waals surface area contributed by atoms with E-state index in [0.29, 0.717) is 12.1 Å². The van der Waals surface area contributed by atoms with Gasteiger partial charge in [0.1, 0.15) is 0 Å². The van der Waals surface area contributed by atoms with Gasteiger partial charge in [0, 0.05) is 27.3 Å². The summed E-state index contributed by atoms with van der Waals surface area (Å²) in [6, 6.07) is 14.9. The summed E-state index contributed by atoms with van der Waals surface area (Å²) in [7, 11) is 0. The Hall–Kier alpha value is -1.89. The van der Waals surface area contributed by atoms with E-state index in [4.69, 9.17) is 0 Å². The zero-order valence-corrected chi connectivity index (χ0v) is 15.3. The van der Waals surface area contributed by atoms with Crippen molar-refractivity contribution in [1.82, 2.24) is 5.32 Å². The lowest BCUT2D eigenvalue weighted by atomic mass is 10.1. The van der Waals surface area contributed by atoms with Gasteiger partial charge in [-0.25, -0.2) is 0 Å². The summed E-state index contributed by atoms with van der Waals surface area (Å²) < 4.78 is 1.10. The van der Waals surface area contributed by atoms with Crippen LogP contribution in [0.15, 0.2) is 48.5 Å². The molecule has 0 aliphatic rings. The van der Waals surface area contributed by atoms with Crippen LogP contribution in [0, 0.1) is 9.49 Å². The maximum atomic E-state index is 12.0. The molecule has 0 fully saturated rings. The molecule has 120 valence electrons. The molecule has 0 heterocycles. The van der Waals surface area contributed by atoms with Gasteiger partial charge in [-0.15, -0.1) is 0 Å². The molecule has 0 spiro atoms. The van der Waals surface area contributed by atoms with Crippen LogP contribution in [0.3, 0.4) is 0 Å². The molecule has 2 aromatic rings. The average Bonchev–Trinajstić information content (AvgIpc) is 2.54. The number of hydrogen-bond acceptors (Lipinski definition) is 2. The predicted molar refractivity (Wildman–Crippen MR) is 100 cm³/mol. The van der Waals surface area contributed by atoms with Gasteiger partial charge in [-0.1, -0.05) is 26.0 Å². The van der Waals surface area contributed by atoms with Crippen molar-refractivity contribution >= 4 is 40.1 Å².